The van der Waals surface area contributed by atoms with Gasteiger partial charge in [0.1, 0.15) is 12.4 Å². The molecule has 142 valence electrons. The van der Waals surface area contributed by atoms with Crippen LogP contribution in [0.25, 0.3) is 0 Å². The Balaban J connectivity index is 1.14. The molecule has 0 spiro atoms. The van der Waals surface area contributed by atoms with Crippen molar-refractivity contribution in [3.8, 4) is 5.75 Å². The number of benzene rings is 2. The van der Waals surface area contributed by atoms with Crippen LogP contribution in [0.5, 0.6) is 5.75 Å². The van der Waals surface area contributed by atoms with Gasteiger partial charge in [-0.2, -0.15) is 0 Å². The Hall–Kier alpha value is -1.80. The monoisotopic (exact) mass is 361 g/mol. The maximum Gasteiger partial charge on any atom is 0.119 e. The summed E-state index contributed by atoms with van der Waals surface area (Å²) in [6, 6.07) is 18.0. The lowest BCUT2D eigenvalue weighted by molar-refractivity contribution is -0.0142. The minimum absolute atomic E-state index is 0.631. The van der Waals surface area contributed by atoms with Gasteiger partial charge in [-0.25, -0.2) is 0 Å². The second-order valence-corrected chi connectivity index (χ2v) is 9.26. The number of rotatable bonds is 6. The SMILES string of the molecule is Cc1ccc(COc2ccc(CNC3C4CC5CC(C4)CC3C5)cc2)cc1. The molecular formula is C25H31NO. The van der Waals surface area contributed by atoms with Crippen molar-refractivity contribution in [2.24, 2.45) is 23.7 Å². The van der Waals surface area contributed by atoms with Gasteiger partial charge in [-0.1, -0.05) is 42.0 Å². The normalized spacial score (nSPS) is 31.2. The summed E-state index contributed by atoms with van der Waals surface area (Å²) < 4.78 is 5.94. The average Bonchev–Trinajstić information content (AvgIpc) is 2.67. The highest BCUT2D eigenvalue weighted by molar-refractivity contribution is 5.28. The zero-order valence-electron chi connectivity index (χ0n) is 16.4. The van der Waals surface area contributed by atoms with Crippen LogP contribution in [0.15, 0.2) is 48.5 Å². The lowest BCUT2D eigenvalue weighted by Crippen LogP contribution is -2.54. The van der Waals surface area contributed by atoms with E-state index >= 15 is 0 Å². The molecule has 1 N–H and O–H groups in total. The summed E-state index contributed by atoms with van der Waals surface area (Å²) in [6.45, 7) is 3.73. The highest BCUT2D eigenvalue weighted by Gasteiger charge is 2.47. The molecule has 4 bridgehead atoms. The van der Waals surface area contributed by atoms with Gasteiger partial charge in [-0.05, 0) is 86.0 Å². The summed E-state index contributed by atoms with van der Waals surface area (Å²) in [7, 11) is 0. The molecule has 2 aromatic carbocycles. The molecule has 0 heterocycles. The van der Waals surface area contributed by atoms with Crippen LogP contribution in [0.1, 0.15) is 48.8 Å². The number of ether oxygens (including phenoxy) is 1. The minimum Gasteiger partial charge on any atom is -0.489 e. The first-order valence-electron chi connectivity index (χ1n) is 10.7. The average molecular weight is 362 g/mol. The molecule has 2 heteroatoms. The number of aryl methyl sites for hydroxylation is 1. The van der Waals surface area contributed by atoms with E-state index in [1.54, 1.807) is 0 Å². The maximum atomic E-state index is 5.94. The first kappa shape index (κ1) is 17.3. The highest BCUT2D eigenvalue weighted by atomic mass is 16.5. The molecule has 6 rings (SSSR count). The van der Waals surface area contributed by atoms with Gasteiger partial charge in [-0.3, -0.25) is 0 Å². The van der Waals surface area contributed by atoms with Crippen LogP contribution in [0.2, 0.25) is 0 Å². The van der Waals surface area contributed by atoms with Crippen molar-refractivity contribution in [2.45, 2.75) is 58.2 Å². The van der Waals surface area contributed by atoms with Crippen molar-refractivity contribution < 1.29 is 4.74 Å². The molecule has 0 unspecified atom stereocenters. The summed E-state index contributed by atoms with van der Waals surface area (Å²) in [4.78, 5) is 0. The molecule has 4 saturated carbocycles. The first-order valence-corrected chi connectivity index (χ1v) is 10.7. The molecule has 0 atom stereocenters. The van der Waals surface area contributed by atoms with Gasteiger partial charge >= 0.3 is 0 Å². The molecule has 4 aliphatic carbocycles. The van der Waals surface area contributed by atoms with Gasteiger partial charge in [0.2, 0.25) is 0 Å². The first-order chi connectivity index (χ1) is 13.2. The second-order valence-electron chi connectivity index (χ2n) is 9.26. The van der Waals surface area contributed by atoms with Gasteiger partial charge in [0.05, 0.1) is 0 Å². The lowest BCUT2D eigenvalue weighted by atomic mass is 9.54. The number of hydrogen-bond acceptors (Lipinski definition) is 2. The van der Waals surface area contributed by atoms with Crippen molar-refractivity contribution >= 4 is 0 Å². The molecular weight excluding hydrogens is 330 g/mol. The Labute approximate surface area is 163 Å². The third-order valence-electron chi connectivity index (χ3n) is 7.22. The van der Waals surface area contributed by atoms with Crippen LogP contribution in [-0.4, -0.2) is 6.04 Å². The van der Waals surface area contributed by atoms with Crippen LogP contribution in [0, 0.1) is 30.6 Å². The van der Waals surface area contributed by atoms with Gasteiger partial charge in [0.25, 0.3) is 0 Å². The van der Waals surface area contributed by atoms with E-state index < -0.39 is 0 Å². The predicted molar refractivity (Wildman–Crippen MR) is 110 cm³/mol. The molecule has 0 aliphatic heterocycles. The van der Waals surface area contributed by atoms with Crippen LogP contribution < -0.4 is 10.1 Å². The largest absolute Gasteiger partial charge is 0.489 e. The van der Waals surface area contributed by atoms with E-state index in [-0.39, 0.29) is 0 Å². The van der Waals surface area contributed by atoms with Gasteiger partial charge < -0.3 is 10.1 Å². The van der Waals surface area contributed by atoms with Crippen LogP contribution >= 0.6 is 0 Å². The van der Waals surface area contributed by atoms with Crippen molar-refractivity contribution in [1.29, 1.82) is 0 Å². The Bertz CT molecular complexity index is 736. The standard InChI is InChI=1S/C25H31NO/c1-17-2-4-19(5-3-17)16-27-24-8-6-18(7-9-24)15-26-25-22-11-20-10-21(13-22)14-23(25)12-20/h2-9,20-23,25-26H,10-16H2,1H3. The molecule has 0 aromatic heterocycles. The predicted octanol–water partition coefficient (Wildman–Crippen LogP) is 5.49. The quantitative estimate of drug-likeness (QED) is 0.735. The third kappa shape index (κ3) is 3.78. The third-order valence-corrected chi connectivity index (χ3v) is 7.22. The summed E-state index contributed by atoms with van der Waals surface area (Å²) in [5.41, 5.74) is 3.87. The summed E-state index contributed by atoms with van der Waals surface area (Å²) in [5, 5.41) is 3.92. The van der Waals surface area contributed by atoms with E-state index in [9.17, 15) is 0 Å². The second kappa shape index (κ2) is 7.31. The van der Waals surface area contributed by atoms with Crippen molar-refractivity contribution in [3.63, 3.8) is 0 Å². The molecule has 4 aliphatic rings. The van der Waals surface area contributed by atoms with Crippen LogP contribution in [-0.2, 0) is 13.2 Å². The molecule has 4 fully saturated rings. The maximum absolute atomic E-state index is 5.94. The zero-order valence-corrected chi connectivity index (χ0v) is 16.4. The van der Waals surface area contributed by atoms with Crippen LogP contribution in [0.4, 0.5) is 0 Å². The van der Waals surface area contributed by atoms with E-state index in [1.807, 2.05) is 0 Å². The van der Waals surface area contributed by atoms with E-state index in [1.165, 1.54) is 48.8 Å². The van der Waals surface area contributed by atoms with Crippen molar-refractivity contribution in [1.82, 2.24) is 5.32 Å². The molecule has 0 amide bonds. The lowest BCUT2D eigenvalue weighted by Gasteiger charge is -2.54. The Morgan fingerprint density at radius 3 is 2.00 bits per heavy atom. The number of nitrogens with one attached hydrogen (secondary N) is 1. The molecule has 27 heavy (non-hydrogen) atoms. The van der Waals surface area contributed by atoms with Crippen LogP contribution in [0.3, 0.4) is 0 Å². The van der Waals surface area contributed by atoms with Gasteiger partial charge in [0.15, 0.2) is 0 Å². The van der Waals surface area contributed by atoms with Crippen molar-refractivity contribution in [3.05, 3.63) is 65.2 Å². The molecule has 0 radical (unpaired) electrons. The van der Waals surface area contributed by atoms with Gasteiger partial charge in [0, 0.05) is 12.6 Å². The highest BCUT2D eigenvalue weighted by Crippen LogP contribution is 2.53. The summed E-state index contributed by atoms with van der Waals surface area (Å²) >= 11 is 0. The fourth-order valence-electron chi connectivity index (χ4n) is 6.05. The van der Waals surface area contributed by atoms with Gasteiger partial charge in [-0.15, -0.1) is 0 Å². The Kier molecular flexibility index (Phi) is 4.69. The van der Waals surface area contributed by atoms with E-state index in [4.69, 9.17) is 4.74 Å². The summed E-state index contributed by atoms with van der Waals surface area (Å²) in [6.07, 6.45) is 7.46. The minimum atomic E-state index is 0.631. The molecule has 0 saturated heterocycles. The number of hydrogen-bond donors (Lipinski definition) is 1. The van der Waals surface area contributed by atoms with Crippen molar-refractivity contribution in [2.75, 3.05) is 0 Å². The topological polar surface area (TPSA) is 21.3 Å². The fourth-order valence-corrected chi connectivity index (χ4v) is 6.05. The molecule has 2 nitrogen and oxygen atoms in total. The Morgan fingerprint density at radius 2 is 1.37 bits per heavy atom. The summed E-state index contributed by atoms with van der Waals surface area (Å²) in [5.74, 6) is 4.94. The molecule has 2 aromatic rings. The Morgan fingerprint density at radius 1 is 0.778 bits per heavy atom. The zero-order chi connectivity index (χ0) is 18.2. The van der Waals surface area contributed by atoms with E-state index in [0.717, 1.165) is 42.0 Å². The fraction of sp³-hybridized carbons (Fsp3) is 0.520. The van der Waals surface area contributed by atoms with E-state index in [2.05, 4.69) is 60.8 Å². The smallest absolute Gasteiger partial charge is 0.119 e. The van der Waals surface area contributed by atoms with E-state index in [0.29, 0.717) is 6.61 Å².